The Balaban J connectivity index is 1.94. The lowest BCUT2D eigenvalue weighted by Gasteiger charge is -2.07. The third kappa shape index (κ3) is 2.76. The maximum absolute atomic E-state index is 3.50. The summed E-state index contributed by atoms with van der Waals surface area (Å²) in [4.78, 5) is 0. The van der Waals surface area contributed by atoms with E-state index < -0.39 is 0 Å². The number of rotatable bonds is 4. The molecule has 1 aromatic carbocycles. The molecule has 1 saturated carbocycles. The Morgan fingerprint density at radius 2 is 1.86 bits per heavy atom. The minimum atomic E-state index is 0.747. The molecule has 1 aliphatic rings. The zero-order chi connectivity index (χ0) is 9.97. The van der Waals surface area contributed by atoms with Crippen molar-refractivity contribution in [2.24, 2.45) is 5.92 Å². The van der Waals surface area contributed by atoms with Gasteiger partial charge < -0.3 is 5.32 Å². The van der Waals surface area contributed by atoms with Crippen molar-refractivity contribution in [3.63, 3.8) is 0 Å². The summed E-state index contributed by atoms with van der Waals surface area (Å²) in [5.74, 6) is 0.747. The van der Waals surface area contributed by atoms with Gasteiger partial charge in [0, 0.05) is 11.7 Å². The number of hydrogen-bond donors (Lipinski definition) is 1. The molecule has 0 heterocycles. The van der Waals surface area contributed by atoms with E-state index in [9.17, 15) is 0 Å². The zero-order valence-corrected chi connectivity index (χ0v) is 9.09. The summed E-state index contributed by atoms with van der Waals surface area (Å²) in [5, 5.41) is 3.50. The molecule has 1 aliphatic carbocycles. The molecule has 0 unspecified atom stereocenters. The SMILES string of the molecule is CC(C)Cc1ccc(NC2CC2)cc1. The zero-order valence-electron chi connectivity index (χ0n) is 9.09. The van der Waals surface area contributed by atoms with Crippen LogP contribution >= 0.6 is 0 Å². The molecule has 0 aromatic heterocycles. The predicted molar refractivity (Wildman–Crippen MR) is 61.6 cm³/mol. The van der Waals surface area contributed by atoms with E-state index in [-0.39, 0.29) is 0 Å². The highest BCUT2D eigenvalue weighted by Crippen LogP contribution is 2.24. The van der Waals surface area contributed by atoms with Gasteiger partial charge in [-0.15, -0.1) is 0 Å². The lowest BCUT2D eigenvalue weighted by Crippen LogP contribution is -2.01. The van der Waals surface area contributed by atoms with Crippen molar-refractivity contribution in [1.29, 1.82) is 0 Å². The third-order valence-corrected chi connectivity index (χ3v) is 2.55. The van der Waals surface area contributed by atoms with Crippen molar-refractivity contribution >= 4 is 5.69 Å². The first-order valence-corrected chi connectivity index (χ1v) is 5.59. The first kappa shape index (κ1) is 9.57. The van der Waals surface area contributed by atoms with Crippen molar-refractivity contribution in [1.82, 2.24) is 0 Å². The molecule has 0 saturated heterocycles. The highest BCUT2D eigenvalue weighted by molar-refractivity contribution is 5.46. The molecule has 0 atom stereocenters. The monoisotopic (exact) mass is 189 g/mol. The lowest BCUT2D eigenvalue weighted by molar-refractivity contribution is 0.647. The second-order valence-electron chi connectivity index (χ2n) is 4.71. The highest BCUT2D eigenvalue weighted by Gasteiger charge is 2.20. The molecule has 0 spiro atoms. The van der Waals surface area contributed by atoms with E-state index in [4.69, 9.17) is 0 Å². The van der Waals surface area contributed by atoms with E-state index in [0.717, 1.165) is 12.0 Å². The summed E-state index contributed by atoms with van der Waals surface area (Å²) >= 11 is 0. The van der Waals surface area contributed by atoms with Crippen LogP contribution < -0.4 is 5.32 Å². The fourth-order valence-electron chi connectivity index (χ4n) is 1.67. The molecule has 0 amide bonds. The van der Waals surface area contributed by atoms with Crippen molar-refractivity contribution < 1.29 is 0 Å². The molecule has 1 nitrogen and oxygen atoms in total. The Kier molecular flexibility index (Phi) is 2.76. The average Bonchev–Trinajstić information content (AvgIpc) is 2.91. The van der Waals surface area contributed by atoms with E-state index in [1.165, 1.54) is 30.5 Å². The van der Waals surface area contributed by atoms with E-state index >= 15 is 0 Å². The van der Waals surface area contributed by atoms with Crippen LogP contribution in [0.1, 0.15) is 32.3 Å². The first-order chi connectivity index (χ1) is 6.74. The molecule has 1 aromatic rings. The molecule has 0 radical (unpaired) electrons. The molecule has 1 N–H and O–H groups in total. The Morgan fingerprint density at radius 3 is 2.36 bits per heavy atom. The molecule has 0 bridgehead atoms. The lowest BCUT2D eigenvalue weighted by atomic mass is 10.0. The number of anilines is 1. The largest absolute Gasteiger partial charge is 0.382 e. The first-order valence-electron chi connectivity index (χ1n) is 5.59. The van der Waals surface area contributed by atoms with Crippen LogP contribution in [-0.2, 0) is 6.42 Å². The summed E-state index contributed by atoms with van der Waals surface area (Å²) in [5.41, 5.74) is 2.72. The van der Waals surface area contributed by atoms with Crippen LogP contribution in [0.15, 0.2) is 24.3 Å². The molecule has 0 aliphatic heterocycles. The van der Waals surface area contributed by atoms with E-state index in [2.05, 4.69) is 43.4 Å². The summed E-state index contributed by atoms with van der Waals surface area (Å²) in [6.07, 6.45) is 3.87. The van der Waals surface area contributed by atoms with Crippen LogP contribution in [0.3, 0.4) is 0 Å². The van der Waals surface area contributed by atoms with E-state index in [0.29, 0.717) is 0 Å². The van der Waals surface area contributed by atoms with Crippen LogP contribution in [0.2, 0.25) is 0 Å². The molecule has 76 valence electrons. The maximum Gasteiger partial charge on any atom is 0.0342 e. The number of hydrogen-bond acceptors (Lipinski definition) is 1. The molecule has 2 rings (SSSR count). The summed E-state index contributed by atoms with van der Waals surface area (Å²) in [7, 11) is 0. The molecular formula is C13H19N. The van der Waals surface area contributed by atoms with Gasteiger partial charge in [-0.1, -0.05) is 26.0 Å². The fraction of sp³-hybridized carbons (Fsp3) is 0.538. The van der Waals surface area contributed by atoms with Crippen LogP contribution in [0, 0.1) is 5.92 Å². The Labute approximate surface area is 86.5 Å². The molecule has 1 fully saturated rings. The van der Waals surface area contributed by atoms with Crippen molar-refractivity contribution in [2.75, 3.05) is 5.32 Å². The summed E-state index contributed by atoms with van der Waals surface area (Å²) in [6, 6.07) is 9.65. The minimum absolute atomic E-state index is 0.747. The van der Waals surface area contributed by atoms with Gasteiger partial charge in [-0.3, -0.25) is 0 Å². The van der Waals surface area contributed by atoms with Gasteiger partial charge in [-0.2, -0.15) is 0 Å². The van der Waals surface area contributed by atoms with Gasteiger partial charge in [0.2, 0.25) is 0 Å². The van der Waals surface area contributed by atoms with E-state index in [1.807, 2.05) is 0 Å². The summed E-state index contributed by atoms with van der Waals surface area (Å²) in [6.45, 7) is 4.52. The smallest absolute Gasteiger partial charge is 0.0342 e. The number of benzene rings is 1. The van der Waals surface area contributed by atoms with Crippen LogP contribution in [0.4, 0.5) is 5.69 Å². The second kappa shape index (κ2) is 4.04. The number of nitrogens with one attached hydrogen (secondary N) is 1. The van der Waals surface area contributed by atoms with Gasteiger partial charge in [0.1, 0.15) is 0 Å². The van der Waals surface area contributed by atoms with Crippen LogP contribution in [0.25, 0.3) is 0 Å². The normalized spacial score (nSPS) is 15.9. The Bertz CT molecular complexity index is 260. The van der Waals surface area contributed by atoms with Gasteiger partial charge in [-0.05, 0) is 42.9 Å². The van der Waals surface area contributed by atoms with Crippen LogP contribution in [-0.4, -0.2) is 6.04 Å². The third-order valence-electron chi connectivity index (χ3n) is 2.55. The standard InChI is InChI=1S/C13H19N/c1-10(2)9-11-3-5-12(6-4-11)14-13-7-8-13/h3-6,10,13-14H,7-9H2,1-2H3. The van der Waals surface area contributed by atoms with Gasteiger partial charge >= 0.3 is 0 Å². The van der Waals surface area contributed by atoms with Gasteiger partial charge in [0.25, 0.3) is 0 Å². The Hall–Kier alpha value is -0.980. The fourth-order valence-corrected chi connectivity index (χ4v) is 1.67. The highest BCUT2D eigenvalue weighted by atomic mass is 14.9. The topological polar surface area (TPSA) is 12.0 Å². The van der Waals surface area contributed by atoms with Gasteiger partial charge in [0.05, 0.1) is 0 Å². The Morgan fingerprint density at radius 1 is 1.21 bits per heavy atom. The van der Waals surface area contributed by atoms with Gasteiger partial charge in [-0.25, -0.2) is 0 Å². The predicted octanol–water partition coefficient (Wildman–Crippen LogP) is 3.46. The van der Waals surface area contributed by atoms with Gasteiger partial charge in [0.15, 0.2) is 0 Å². The van der Waals surface area contributed by atoms with E-state index in [1.54, 1.807) is 0 Å². The average molecular weight is 189 g/mol. The van der Waals surface area contributed by atoms with Crippen molar-refractivity contribution in [3.8, 4) is 0 Å². The molecular weight excluding hydrogens is 170 g/mol. The minimum Gasteiger partial charge on any atom is -0.382 e. The molecule has 1 heteroatoms. The van der Waals surface area contributed by atoms with Crippen molar-refractivity contribution in [2.45, 2.75) is 39.2 Å². The summed E-state index contributed by atoms with van der Waals surface area (Å²) < 4.78 is 0. The van der Waals surface area contributed by atoms with Crippen molar-refractivity contribution in [3.05, 3.63) is 29.8 Å². The maximum atomic E-state index is 3.50. The second-order valence-corrected chi connectivity index (χ2v) is 4.71. The van der Waals surface area contributed by atoms with Crippen LogP contribution in [0.5, 0.6) is 0 Å². The quantitative estimate of drug-likeness (QED) is 0.765. The molecule has 14 heavy (non-hydrogen) atoms.